The molecular formula is C16H24O4. The summed E-state index contributed by atoms with van der Waals surface area (Å²) in [7, 11) is 0. The number of rotatable bonds is 2. The molecule has 3 rings (SSSR count). The van der Waals surface area contributed by atoms with E-state index in [0.717, 1.165) is 12.8 Å². The first kappa shape index (κ1) is 14.2. The predicted octanol–water partition coefficient (Wildman–Crippen LogP) is 2.64. The molecule has 4 heteroatoms. The minimum absolute atomic E-state index is 0.0109. The lowest BCUT2D eigenvalue weighted by atomic mass is 9.67. The standard InChI is InChI=1S/C16H24O4/c1-15(2)19-10-11(20-15)7-12-13(17)8-16(9-14(12)18)5-3-4-6-16/h11-12H,3-10H2,1-2H3/t11-/m0/s1. The molecule has 1 aliphatic heterocycles. The predicted molar refractivity (Wildman–Crippen MR) is 73.2 cm³/mol. The maximum absolute atomic E-state index is 12.4. The van der Waals surface area contributed by atoms with Crippen LogP contribution >= 0.6 is 0 Å². The Hall–Kier alpha value is -0.740. The number of carbonyl (C=O) groups is 2. The van der Waals surface area contributed by atoms with Crippen LogP contribution in [0.15, 0.2) is 0 Å². The topological polar surface area (TPSA) is 52.6 Å². The molecular weight excluding hydrogens is 256 g/mol. The SMILES string of the molecule is CC1(C)OC[C@H](CC2C(=O)CC3(CCCC3)CC2=O)O1. The van der Waals surface area contributed by atoms with Gasteiger partial charge in [-0.3, -0.25) is 9.59 Å². The van der Waals surface area contributed by atoms with E-state index in [0.29, 0.717) is 25.9 Å². The zero-order chi connectivity index (χ0) is 14.4. The molecule has 112 valence electrons. The molecule has 20 heavy (non-hydrogen) atoms. The van der Waals surface area contributed by atoms with Crippen LogP contribution in [0.25, 0.3) is 0 Å². The van der Waals surface area contributed by atoms with Crippen LogP contribution in [0, 0.1) is 11.3 Å². The summed E-state index contributed by atoms with van der Waals surface area (Å²) in [4.78, 5) is 24.8. The first-order chi connectivity index (χ1) is 9.39. The summed E-state index contributed by atoms with van der Waals surface area (Å²) in [6.45, 7) is 4.21. The monoisotopic (exact) mass is 280 g/mol. The molecule has 3 aliphatic rings. The highest BCUT2D eigenvalue weighted by Crippen LogP contribution is 2.48. The van der Waals surface area contributed by atoms with E-state index in [1.54, 1.807) is 0 Å². The number of carbonyl (C=O) groups excluding carboxylic acids is 2. The van der Waals surface area contributed by atoms with Crippen molar-refractivity contribution < 1.29 is 19.1 Å². The lowest BCUT2D eigenvalue weighted by molar-refractivity contribution is -0.150. The molecule has 1 atom stereocenters. The van der Waals surface area contributed by atoms with Gasteiger partial charge in [-0.05, 0) is 38.5 Å². The average molecular weight is 280 g/mol. The third kappa shape index (κ3) is 2.68. The first-order valence-electron chi connectivity index (χ1n) is 7.76. The van der Waals surface area contributed by atoms with Crippen LogP contribution in [0.3, 0.4) is 0 Å². The molecule has 2 aliphatic carbocycles. The molecule has 4 nitrogen and oxygen atoms in total. The maximum Gasteiger partial charge on any atom is 0.163 e. The van der Waals surface area contributed by atoms with Gasteiger partial charge in [-0.2, -0.15) is 0 Å². The van der Waals surface area contributed by atoms with Crippen LogP contribution in [0.2, 0.25) is 0 Å². The summed E-state index contributed by atoms with van der Waals surface area (Å²) in [5.74, 6) is -0.769. The van der Waals surface area contributed by atoms with Crippen molar-refractivity contribution in [2.75, 3.05) is 6.61 Å². The van der Waals surface area contributed by atoms with Crippen molar-refractivity contribution in [3.63, 3.8) is 0 Å². The van der Waals surface area contributed by atoms with E-state index in [-0.39, 0.29) is 23.1 Å². The normalized spacial score (nSPS) is 33.2. The van der Waals surface area contributed by atoms with E-state index in [1.807, 2.05) is 13.8 Å². The Morgan fingerprint density at radius 2 is 1.70 bits per heavy atom. The first-order valence-corrected chi connectivity index (χ1v) is 7.76. The Bertz CT molecular complexity index is 400. The number of ketones is 2. The highest BCUT2D eigenvalue weighted by molar-refractivity contribution is 6.05. The van der Waals surface area contributed by atoms with Gasteiger partial charge in [0.15, 0.2) is 5.79 Å². The van der Waals surface area contributed by atoms with Crippen molar-refractivity contribution in [1.82, 2.24) is 0 Å². The fraction of sp³-hybridized carbons (Fsp3) is 0.875. The molecule has 0 aromatic heterocycles. The quantitative estimate of drug-likeness (QED) is 0.730. The van der Waals surface area contributed by atoms with E-state index >= 15 is 0 Å². The number of Topliss-reactive ketones (excluding diaryl/α,β-unsaturated/α-hetero) is 2. The summed E-state index contributed by atoms with van der Waals surface area (Å²) in [5, 5.41) is 0. The molecule has 0 aromatic carbocycles. The molecule has 0 N–H and O–H groups in total. The summed E-state index contributed by atoms with van der Waals surface area (Å²) in [6.07, 6.45) is 6.00. The highest BCUT2D eigenvalue weighted by Gasteiger charge is 2.47. The minimum atomic E-state index is -0.585. The summed E-state index contributed by atoms with van der Waals surface area (Å²) in [5.41, 5.74) is 0.0109. The average Bonchev–Trinajstić information content (AvgIpc) is 2.91. The van der Waals surface area contributed by atoms with E-state index in [1.165, 1.54) is 12.8 Å². The molecule has 1 heterocycles. The molecule has 1 saturated heterocycles. The molecule has 0 unspecified atom stereocenters. The Morgan fingerprint density at radius 1 is 1.10 bits per heavy atom. The van der Waals surface area contributed by atoms with Gasteiger partial charge in [0.05, 0.1) is 18.6 Å². The number of hydrogen-bond acceptors (Lipinski definition) is 4. The summed E-state index contributed by atoms with van der Waals surface area (Å²) in [6, 6.07) is 0. The molecule has 0 bridgehead atoms. The van der Waals surface area contributed by atoms with Crippen molar-refractivity contribution in [3.05, 3.63) is 0 Å². The molecule has 3 fully saturated rings. The van der Waals surface area contributed by atoms with Crippen molar-refractivity contribution in [2.45, 2.75) is 70.7 Å². The number of ether oxygens (including phenoxy) is 2. The lowest BCUT2D eigenvalue weighted by Crippen LogP contribution is -2.41. The van der Waals surface area contributed by atoms with Gasteiger partial charge >= 0.3 is 0 Å². The third-order valence-corrected chi connectivity index (χ3v) is 5.11. The molecule has 0 aromatic rings. The molecule has 1 spiro atoms. The van der Waals surface area contributed by atoms with Crippen molar-refractivity contribution in [2.24, 2.45) is 11.3 Å². The molecule has 2 saturated carbocycles. The van der Waals surface area contributed by atoms with Gasteiger partial charge in [0.1, 0.15) is 11.6 Å². The molecule has 0 amide bonds. The van der Waals surface area contributed by atoms with Crippen molar-refractivity contribution >= 4 is 11.6 Å². The van der Waals surface area contributed by atoms with Crippen LogP contribution in [-0.2, 0) is 19.1 Å². The van der Waals surface area contributed by atoms with E-state index in [9.17, 15) is 9.59 Å². The van der Waals surface area contributed by atoms with Crippen LogP contribution < -0.4 is 0 Å². The van der Waals surface area contributed by atoms with E-state index in [2.05, 4.69) is 0 Å². The van der Waals surface area contributed by atoms with Crippen LogP contribution in [0.1, 0.15) is 58.8 Å². The Balaban J connectivity index is 1.63. The fourth-order valence-electron chi connectivity index (χ4n) is 4.11. The second-order valence-electron chi connectivity index (χ2n) is 7.23. The Morgan fingerprint density at radius 3 is 2.20 bits per heavy atom. The van der Waals surface area contributed by atoms with Crippen LogP contribution in [-0.4, -0.2) is 30.1 Å². The maximum atomic E-state index is 12.4. The lowest BCUT2D eigenvalue weighted by Gasteiger charge is -2.35. The van der Waals surface area contributed by atoms with Crippen molar-refractivity contribution in [1.29, 1.82) is 0 Å². The van der Waals surface area contributed by atoms with Crippen molar-refractivity contribution in [3.8, 4) is 0 Å². The van der Waals surface area contributed by atoms with Gasteiger partial charge in [-0.25, -0.2) is 0 Å². The van der Waals surface area contributed by atoms with Gasteiger partial charge in [-0.1, -0.05) is 12.8 Å². The van der Waals surface area contributed by atoms with E-state index in [4.69, 9.17) is 9.47 Å². The summed E-state index contributed by atoms with van der Waals surface area (Å²) < 4.78 is 11.3. The number of hydrogen-bond donors (Lipinski definition) is 0. The van der Waals surface area contributed by atoms with Gasteiger partial charge in [0.2, 0.25) is 0 Å². The largest absolute Gasteiger partial charge is 0.348 e. The fourth-order valence-corrected chi connectivity index (χ4v) is 4.11. The third-order valence-electron chi connectivity index (χ3n) is 5.11. The van der Waals surface area contributed by atoms with Gasteiger partial charge in [-0.15, -0.1) is 0 Å². The summed E-state index contributed by atoms with van der Waals surface area (Å²) >= 11 is 0. The second-order valence-corrected chi connectivity index (χ2v) is 7.23. The smallest absolute Gasteiger partial charge is 0.163 e. The van der Waals surface area contributed by atoms with Gasteiger partial charge < -0.3 is 9.47 Å². The molecule has 0 radical (unpaired) electrons. The minimum Gasteiger partial charge on any atom is -0.348 e. The van der Waals surface area contributed by atoms with Gasteiger partial charge in [0.25, 0.3) is 0 Å². The van der Waals surface area contributed by atoms with Crippen LogP contribution in [0.4, 0.5) is 0 Å². The Kier molecular flexibility index (Phi) is 3.49. The van der Waals surface area contributed by atoms with E-state index < -0.39 is 11.7 Å². The second kappa shape index (κ2) is 4.92. The highest BCUT2D eigenvalue weighted by atomic mass is 16.7. The zero-order valence-electron chi connectivity index (χ0n) is 12.4. The van der Waals surface area contributed by atoms with Gasteiger partial charge in [0, 0.05) is 12.8 Å². The Labute approximate surface area is 120 Å². The van der Waals surface area contributed by atoms with Crippen LogP contribution in [0.5, 0.6) is 0 Å². The zero-order valence-corrected chi connectivity index (χ0v) is 12.4.